The average molecular weight is 304 g/mol. The van der Waals surface area contributed by atoms with Crippen LogP contribution in [-0.4, -0.2) is 34.0 Å². The highest BCUT2D eigenvalue weighted by Gasteiger charge is 2.01. The number of benzene rings is 1. The lowest BCUT2D eigenvalue weighted by Crippen LogP contribution is -2.07. The van der Waals surface area contributed by atoms with Crippen molar-refractivity contribution in [2.45, 2.75) is 12.1 Å². The summed E-state index contributed by atoms with van der Waals surface area (Å²) in [6.07, 6.45) is 3.00. The molecule has 0 fully saturated rings. The van der Waals surface area contributed by atoms with Gasteiger partial charge in [0.05, 0.1) is 7.11 Å². The maximum atomic E-state index is 11.8. The van der Waals surface area contributed by atoms with Crippen LogP contribution in [0.25, 0.3) is 6.08 Å². The molecule has 1 aromatic heterocycles. The second-order valence-corrected chi connectivity index (χ2v) is 5.22. The molecule has 1 heterocycles. The smallest absolute Gasteiger partial charge is 0.248 e. The summed E-state index contributed by atoms with van der Waals surface area (Å²) in [5.74, 6) is 1.96. The van der Waals surface area contributed by atoms with E-state index in [0.717, 1.165) is 11.5 Å². The molecule has 1 amide bonds. The summed E-state index contributed by atoms with van der Waals surface area (Å²) in [6.45, 7) is 2.03. The third kappa shape index (κ3) is 4.64. The van der Waals surface area contributed by atoms with E-state index in [1.165, 1.54) is 17.8 Å². The number of ether oxygens (including phenoxy) is 1. The van der Waals surface area contributed by atoms with Crippen LogP contribution in [0.2, 0.25) is 0 Å². The number of aromatic nitrogens is 3. The van der Waals surface area contributed by atoms with Crippen LogP contribution in [0.1, 0.15) is 12.7 Å². The van der Waals surface area contributed by atoms with Gasteiger partial charge in [0.2, 0.25) is 11.1 Å². The minimum absolute atomic E-state index is 0.235. The van der Waals surface area contributed by atoms with Crippen molar-refractivity contribution >= 4 is 29.4 Å². The molecular formula is C14H16N4O2S. The fraction of sp³-hybridized carbons (Fsp3) is 0.214. The molecule has 2 N–H and O–H groups in total. The second-order valence-electron chi connectivity index (χ2n) is 3.99. The number of thioether (sulfide) groups is 1. The van der Waals surface area contributed by atoms with Gasteiger partial charge in [-0.2, -0.15) is 0 Å². The van der Waals surface area contributed by atoms with Gasteiger partial charge in [-0.25, -0.2) is 4.98 Å². The molecule has 0 atom stereocenters. The highest BCUT2D eigenvalue weighted by molar-refractivity contribution is 7.99. The lowest BCUT2D eigenvalue weighted by molar-refractivity contribution is -0.111. The highest BCUT2D eigenvalue weighted by atomic mass is 32.2. The third-order valence-electron chi connectivity index (χ3n) is 2.51. The Morgan fingerprint density at radius 3 is 2.86 bits per heavy atom. The molecule has 0 spiro atoms. The Morgan fingerprint density at radius 1 is 1.43 bits per heavy atom. The molecule has 0 aliphatic rings. The van der Waals surface area contributed by atoms with E-state index in [1.807, 2.05) is 6.92 Å². The molecule has 2 rings (SSSR count). The summed E-state index contributed by atoms with van der Waals surface area (Å²) in [4.78, 5) is 16.0. The molecule has 0 radical (unpaired) electrons. The third-order valence-corrected chi connectivity index (χ3v) is 3.24. The number of nitrogens with zero attached hydrogens (tertiary/aromatic N) is 2. The number of anilines is 1. The molecule has 0 aliphatic carbocycles. The van der Waals surface area contributed by atoms with Crippen LogP contribution in [0.15, 0.2) is 35.5 Å². The van der Waals surface area contributed by atoms with Gasteiger partial charge < -0.3 is 10.1 Å². The van der Waals surface area contributed by atoms with Crippen molar-refractivity contribution in [1.29, 1.82) is 0 Å². The van der Waals surface area contributed by atoms with Gasteiger partial charge >= 0.3 is 0 Å². The van der Waals surface area contributed by atoms with Crippen LogP contribution in [0.3, 0.4) is 0 Å². The molecule has 0 unspecified atom stereocenters. The number of H-pyrrole nitrogens is 1. The van der Waals surface area contributed by atoms with Gasteiger partial charge in [0, 0.05) is 11.8 Å². The standard InChI is InChI=1S/C14H16N4O2S/c1-3-21-14-16-12(17-18-14)8-9-13(19)15-10-4-6-11(20-2)7-5-10/h4-9H,3H2,1-2H3,(H,15,19)(H,16,17,18)/b9-8+. The normalized spacial score (nSPS) is 10.8. The predicted molar refractivity (Wildman–Crippen MR) is 83.4 cm³/mol. The Bertz CT molecular complexity index is 622. The molecule has 0 aliphatic heterocycles. The van der Waals surface area contributed by atoms with Crippen molar-refractivity contribution in [3.63, 3.8) is 0 Å². The minimum Gasteiger partial charge on any atom is -0.497 e. The van der Waals surface area contributed by atoms with E-state index >= 15 is 0 Å². The number of methoxy groups -OCH3 is 1. The topological polar surface area (TPSA) is 79.9 Å². The Morgan fingerprint density at radius 2 is 2.19 bits per heavy atom. The summed E-state index contributed by atoms with van der Waals surface area (Å²) >= 11 is 1.54. The maximum Gasteiger partial charge on any atom is 0.248 e. The van der Waals surface area contributed by atoms with Crippen molar-refractivity contribution in [2.24, 2.45) is 0 Å². The molecule has 7 heteroatoms. The number of hydrogen-bond donors (Lipinski definition) is 2. The van der Waals surface area contributed by atoms with Gasteiger partial charge in [-0.1, -0.05) is 18.7 Å². The maximum absolute atomic E-state index is 11.8. The van der Waals surface area contributed by atoms with Crippen molar-refractivity contribution in [3.8, 4) is 5.75 Å². The van der Waals surface area contributed by atoms with Crippen molar-refractivity contribution < 1.29 is 9.53 Å². The summed E-state index contributed by atoms with van der Waals surface area (Å²) in [7, 11) is 1.60. The van der Waals surface area contributed by atoms with Gasteiger partial charge in [0.1, 0.15) is 11.6 Å². The summed E-state index contributed by atoms with van der Waals surface area (Å²) < 4.78 is 5.05. The number of aromatic amines is 1. The fourth-order valence-corrected chi connectivity index (χ4v) is 2.07. The first-order valence-electron chi connectivity index (χ1n) is 6.39. The van der Waals surface area contributed by atoms with E-state index in [2.05, 4.69) is 20.5 Å². The van der Waals surface area contributed by atoms with E-state index < -0.39 is 0 Å². The van der Waals surface area contributed by atoms with Crippen LogP contribution in [0, 0.1) is 0 Å². The second kappa shape index (κ2) is 7.49. The zero-order valence-corrected chi connectivity index (χ0v) is 12.6. The molecule has 1 aromatic carbocycles. The summed E-state index contributed by atoms with van der Waals surface area (Å²) in [5, 5.41) is 10.2. The van der Waals surface area contributed by atoms with Crippen molar-refractivity contribution in [3.05, 3.63) is 36.2 Å². The number of nitrogens with one attached hydrogen (secondary N) is 2. The number of rotatable bonds is 6. The van der Waals surface area contributed by atoms with Crippen LogP contribution < -0.4 is 10.1 Å². The van der Waals surface area contributed by atoms with Gasteiger partial charge in [-0.3, -0.25) is 9.89 Å². The van der Waals surface area contributed by atoms with Gasteiger partial charge in [0.25, 0.3) is 0 Å². The predicted octanol–water partition coefficient (Wildman–Crippen LogP) is 2.58. The zero-order chi connectivity index (χ0) is 15.1. The van der Waals surface area contributed by atoms with E-state index in [4.69, 9.17) is 4.74 Å². The van der Waals surface area contributed by atoms with Crippen molar-refractivity contribution in [1.82, 2.24) is 15.2 Å². The van der Waals surface area contributed by atoms with Crippen LogP contribution in [0.4, 0.5) is 5.69 Å². The number of carbonyl (C=O) groups excluding carboxylic acids is 1. The number of amides is 1. The summed E-state index contributed by atoms with van der Waals surface area (Å²) in [5.41, 5.74) is 0.699. The van der Waals surface area contributed by atoms with Crippen LogP contribution in [-0.2, 0) is 4.79 Å². The van der Waals surface area contributed by atoms with Gasteiger partial charge in [-0.15, -0.1) is 5.10 Å². The Kier molecular flexibility index (Phi) is 5.39. The minimum atomic E-state index is -0.235. The zero-order valence-electron chi connectivity index (χ0n) is 11.8. The van der Waals surface area contributed by atoms with Crippen LogP contribution in [0.5, 0.6) is 5.75 Å². The molecule has 6 nitrogen and oxygen atoms in total. The van der Waals surface area contributed by atoms with Gasteiger partial charge in [-0.05, 0) is 36.1 Å². The largest absolute Gasteiger partial charge is 0.497 e. The van der Waals surface area contributed by atoms with Crippen LogP contribution >= 0.6 is 11.8 Å². The quantitative estimate of drug-likeness (QED) is 0.633. The molecule has 21 heavy (non-hydrogen) atoms. The average Bonchev–Trinajstić information content (AvgIpc) is 2.94. The molecule has 0 saturated heterocycles. The lowest BCUT2D eigenvalue weighted by Gasteiger charge is -2.03. The first-order valence-corrected chi connectivity index (χ1v) is 7.38. The molecule has 2 aromatic rings. The monoisotopic (exact) mass is 304 g/mol. The van der Waals surface area contributed by atoms with E-state index in [0.29, 0.717) is 16.7 Å². The molecule has 110 valence electrons. The van der Waals surface area contributed by atoms with E-state index in [-0.39, 0.29) is 5.91 Å². The Balaban J connectivity index is 1.91. The first-order chi connectivity index (χ1) is 10.2. The molecule has 0 saturated carbocycles. The lowest BCUT2D eigenvalue weighted by atomic mass is 10.3. The van der Waals surface area contributed by atoms with E-state index in [1.54, 1.807) is 37.5 Å². The van der Waals surface area contributed by atoms with Crippen molar-refractivity contribution in [2.75, 3.05) is 18.2 Å². The van der Waals surface area contributed by atoms with Gasteiger partial charge in [0.15, 0.2) is 0 Å². The molecule has 0 bridgehead atoms. The SMILES string of the molecule is CCSc1n[nH]c(/C=C/C(=O)Nc2ccc(OC)cc2)n1. The first kappa shape index (κ1) is 15.1. The Hall–Kier alpha value is -2.28. The van der Waals surface area contributed by atoms with E-state index in [9.17, 15) is 4.79 Å². The number of hydrogen-bond acceptors (Lipinski definition) is 5. The number of carbonyl (C=O) groups is 1. The molecular weight excluding hydrogens is 288 g/mol. The summed E-state index contributed by atoms with van der Waals surface area (Å²) in [6, 6.07) is 7.11. The Labute approximate surface area is 127 Å². The highest BCUT2D eigenvalue weighted by Crippen LogP contribution is 2.15. The fourth-order valence-electron chi connectivity index (χ4n) is 1.54.